The minimum absolute atomic E-state index is 0.218. The summed E-state index contributed by atoms with van der Waals surface area (Å²) in [4.78, 5) is 29.8. The zero-order valence-electron chi connectivity index (χ0n) is 13.6. The molecular formula is C18H15ClN4O3. The number of hydrogen-bond donors (Lipinski definition) is 2. The van der Waals surface area contributed by atoms with Gasteiger partial charge in [-0.15, -0.1) is 0 Å². The van der Waals surface area contributed by atoms with Gasteiger partial charge in [0.1, 0.15) is 11.9 Å². The predicted octanol–water partition coefficient (Wildman–Crippen LogP) is 2.08. The molecule has 132 valence electrons. The third-order valence-electron chi connectivity index (χ3n) is 4.80. The second kappa shape index (κ2) is 6.24. The van der Waals surface area contributed by atoms with Crippen LogP contribution in [0.5, 0.6) is 0 Å². The fraction of sp³-hybridized carbons (Fsp3) is 0.333. The first-order chi connectivity index (χ1) is 12.5. The Labute approximate surface area is 154 Å². The van der Waals surface area contributed by atoms with Crippen LogP contribution in [0.15, 0.2) is 24.4 Å². The minimum atomic E-state index is -0.983. The Morgan fingerprint density at radius 1 is 1.42 bits per heavy atom. The molecule has 2 aromatic rings. The number of aromatic nitrogens is 1. The van der Waals surface area contributed by atoms with E-state index in [-0.39, 0.29) is 23.7 Å². The van der Waals surface area contributed by atoms with Crippen molar-refractivity contribution in [2.24, 2.45) is 11.8 Å². The van der Waals surface area contributed by atoms with Crippen molar-refractivity contribution in [2.45, 2.75) is 18.9 Å². The SMILES string of the molecule is N#C[C@@H]1C[C@H]1C(=O)Nc1cc2cc(N3CC[C@@H](O)C3=O)cc(Cl)c2cn1. The van der Waals surface area contributed by atoms with Gasteiger partial charge in [0.05, 0.1) is 22.9 Å². The van der Waals surface area contributed by atoms with Gasteiger partial charge in [-0.25, -0.2) is 4.98 Å². The second-order valence-corrected chi connectivity index (χ2v) is 6.99. The van der Waals surface area contributed by atoms with E-state index in [2.05, 4.69) is 16.4 Å². The summed E-state index contributed by atoms with van der Waals surface area (Å²) < 4.78 is 0. The quantitative estimate of drug-likeness (QED) is 0.860. The lowest BCUT2D eigenvalue weighted by Crippen LogP contribution is -2.29. The van der Waals surface area contributed by atoms with E-state index >= 15 is 0 Å². The average molecular weight is 371 g/mol. The Kier molecular flexibility index (Phi) is 4.02. The normalized spacial score (nSPS) is 24.6. The molecule has 2 heterocycles. The molecule has 1 aromatic carbocycles. The van der Waals surface area contributed by atoms with Gasteiger partial charge in [0.2, 0.25) is 5.91 Å². The van der Waals surface area contributed by atoms with Gasteiger partial charge in [0.25, 0.3) is 5.91 Å². The van der Waals surface area contributed by atoms with Gasteiger partial charge in [0.15, 0.2) is 0 Å². The van der Waals surface area contributed by atoms with E-state index in [1.807, 2.05) is 0 Å². The maximum atomic E-state index is 12.1. The number of carbonyl (C=O) groups excluding carboxylic acids is 2. The summed E-state index contributed by atoms with van der Waals surface area (Å²) in [5, 5.41) is 23.0. The molecule has 2 aliphatic rings. The molecule has 4 rings (SSSR count). The zero-order chi connectivity index (χ0) is 18.4. The van der Waals surface area contributed by atoms with Gasteiger partial charge in [-0.1, -0.05) is 11.6 Å². The van der Waals surface area contributed by atoms with Crippen molar-refractivity contribution in [2.75, 3.05) is 16.8 Å². The predicted molar refractivity (Wildman–Crippen MR) is 95.6 cm³/mol. The minimum Gasteiger partial charge on any atom is -0.383 e. The van der Waals surface area contributed by atoms with Crippen LogP contribution in [0.2, 0.25) is 5.02 Å². The number of fused-ring (bicyclic) bond motifs is 1. The Balaban J connectivity index is 1.63. The van der Waals surface area contributed by atoms with Crippen molar-refractivity contribution < 1.29 is 14.7 Å². The zero-order valence-corrected chi connectivity index (χ0v) is 14.4. The molecule has 3 atom stereocenters. The summed E-state index contributed by atoms with van der Waals surface area (Å²) in [5.74, 6) is -0.699. The van der Waals surface area contributed by atoms with Crippen LogP contribution in [0.4, 0.5) is 11.5 Å². The molecule has 2 fully saturated rings. The summed E-state index contributed by atoms with van der Waals surface area (Å²) in [6.07, 6.45) is 1.54. The van der Waals surface area contributed by atoms with E-state index in [0.717, 1.165) is 5.39 Å². The number of aliphatic hydroxyl groups is 1. The molecule has 0 bridgehead atoms. The second-order valence-electron chi connectivity index (χ2n) is 6.58. The number of nitrogens with one attached hydrogen (secondary N) is 1. The number of hydrogen-bond acceptors (Lipinski definition) is 5. The van der Waals surface area contributed by atoms with Gasteiger partial charge in [0, 0.05) is 30.2 Å². The fourth-order valence-corrected chi connectivity index (χ4v) is 3.46. The molecule has 0 unspecified atom stereocenters. The van der Waals surface area contributed by atoms with Crippen molar-refractivity contribution in [3.63, 3.8) is 0 Å². The summed E-state index contributed by atoms with van der Waals surface area (Å²) in [7, 11) is 0. The van der Waals surface area contributed by atoms with Crippen LogP contribution < -0.4 is 10.2 Å². The van der Waals surface area contributed by atoms with E-state index in [1.54, 1.807) is 24.4 Å². The summed E-state index contributed by atoms with van der Waals surface area (Å²) in [6.45, 7) is 0.424. The molecule has 7 nitrogen and oxygen atoms in total. The fourth-order valence-electron chi connectivity index (χ4n) is 3.19. The van der Waals surface area contributed by atoms with Gasteiger partial charge in [-0.2, -0.15) is 5.26 Å². The largest absolute Gasteiger partial charge is 0.383 e. The van der Waals surface area contributed by atoms with Gasteiger partial charge in [-0.3, -0.25) is 9.59 Å². The molecule has 1 aromatic heterocycles. The van der Waals surface area contributed by atoms with E-state index in [1.165, 1.54) is 4.90 Å². The number of halogens is 1. The van der Waals surface area contributed by atoms with Crippen LogP contribution in [0.3, 0.4) is 0 Å². The molecular weight excluding hydrogens is 356 g/mol. The first-order valence-corrected chi connectivity index (χ1v) is 8.65. The first-order valence-electron chi connectivity index (χ1n) is 8.27. The van der Waals surface area contributed by atoms with Crippen molar-refractivity contribution in [1.29, 1.82) is 5.26 Å². The third kappa shape index (κ3) is 2.87. The van der Waals surface area contributed by atoms with E-state index in [9.17, 15) is 14.7 Å². The topological polar surface area (TPSA) is 106 Å². The number of rotatable bonds is 3. The van der Waals surface area contributed by atoms with E-state index in [0.29, 0.717) is 41.3 Å². The molecule has 0 spiro atoms. The summed E-state index contributed by atoms with van der Waals surface area (Å²) in [5.41, 5.74) is 0.597. The van der Waals surface area contributed by atoms with E-state index < -0.39 is 6.10 Å². The summed E-state index contributed by atoms with van der Waals surface area (Å²) >= 11 is 6.32. The van der Waals surface area contributed by atoms with Gasteiger partial charge < -0.3 is 15.3 Å². The van der Waals surface area contributed by atoms with Gasteiger partial charge >= 0.3 is 0 Å². The lowest BCUT2D eigenvalue weighted by atomic mass is 10.1. The molecule has 1 aliphatic heterocycles. The molecule has 8 heteroatoms. The molecule has 1 saturated carbocycles. The maximum absolute atomic E-state index is 12.1. The first kappa shape index (κ1) is 16.8. The Morgan fingerprint density at radius 3 is 2.88 bits per heavy atom. The Hall–Kier alpha value is -2.69. The van der Waals surface area contributed by atoms with Crippen LogP contribution in [0, 0.1) is 23.2 Å². The number of carbonyl (C=O) groups is 2. The van der Waals surface area contributed by atoms with Crippen molar-refractivity contribution in [3.05, 3.63) is 29.4 Å². The summed E-state index contributed by atoms with van der Waals surface area (Å²) in [6, 6.07) is 7.22. The van der Waals surface area contributed by atoms with Crippen molar-refractivity contribution in [1.82, 2.24) is 4.98 Å². The van der Waals surface area contributed by atoms with Crippen molar-refractivity contribution >= 4 is 45.7 Å². The Morgan fingerprint density at radius 2 is 2.23 bits per heavy atom. The highest BCUT2D eigenvalue weighted by molar-refractivity contribution is 6.36. The number of aliphatic hydroxyl groups excluding tert-OH is 1. The van der Waals surface area contributed by atoms with Crippen LogP contribution >= 0.6 is 11.6 Å². The smallest absolute Gasteiger partial charge is 0.255 e. The van der Waals surface area contributed by atoms with Crippen LogP contribution in [0.1, 0.15) is 12.8 Å². The number of pyridine rings is 1. The molecule has 1 saturated heterocycles. The highest BCUT2D eigenvalue weighted by Crippen LogP contribution is 2.38. The van der Waals surface area contributed by atoms with Gasteiger partial charge in [-0.05, 0) is 30.0 Å². The average Bonchev–Trinajstić information content (AvgIpc) is 3.34. The third-order valence-corrected chi connectivity index (χ3v) is 5.12. The molecule has 2 amide bonds. The number of anilines is 2. The monoisotopic (exact) mass is 370 g/mol. The standard InChI is InChI=1S/C18H15ClN4O3/c19-14-6-11(23-2-1-15(24)18(23)26)3-9-5-16(21-8-13(9)14)22-17(25)12-4-10(12)7-20/h3,5-6,8,10,12,15,24H,1-2,4H2,(H,21,22,25)/t10-,12+,15+/m0/s1. The molecule has 1 aliphatic carbocycles. The van der Waals surface area contributed by atoms with Crippen LogP contribution in [-0.2, 0) is 9.59 Å². The number of nitrogens with zero attached hydrogens (tertiary/aromatic N) is 3. The molecule has 26 heavy (non-hydrogen) atoms. The molecule has 0 radical (unpaired) electrons. The highest BCUT2D eigenvalue weighted by atomic mass is 35.5. The number of amides is 2. The maximum Gasteiger partial charge on any atom is 0.255 e. The van der Waals surface area contributed by atoms with Crippen molar-refractivity contribution in [3.8, 4) is 6.07 Å². The van der Waals surface area contributed by atoms with E-state index in [4.69, 9.17) is 16.9 Å². The Bertz CT molecular complexity index is 971. The lowest BCUT2D eigenvalue weighted by molar-refractivity contribution is -0.124. The number of nitriles is 1. The van der Waals surface area contributed by atoms with Crippen LogP contribution in [-0.4, -0.2) is 34.6 Å². The van der Waals surface area contributed by atoms with Crippen LogP contribution in [0.25, 0.3) is 10.8 Å². The lowest BCUT2D eigenvalue weighted by Gasteiger charge is -2.17. The highest BCUT2D eigenvalue weighted by Gasteiger charge is 2.43. The number of benzene rings is 1. The molecule has 2 N–H and O–H groups in total.